The number of halogens is 2. The molecule has 32 heavy (non-hydrogen) atoms. The Kier molecular flexibility index (Phi) is 7.54. The van der Waals surface area contributed by atoms with Crippen LogP contribution < -0.4 is 10.6 Å². The van der Waals surface area contributed by atoms with Gasteiger partial charge in [-0.2, -0.15) is 0 Å². The van der Waals surface area contributed by atoms with Crippen LogP contribution in [0.2, 0.25) is 0 Å². The maximum atomic E-state index is 13.6. The van der Waals surface area contributed by atoms with Crippen LogP contribution in [0.3, 0.4) is 0 Å². The smallest absolute Gasteiger partial charge is 0.328 e. The minimum absolute atomic E-state index is 0.0353. The Bertz CT molecular complexity index is 1130. The third-order valence-electron chi connectivity index (χ3n) is 4.96. The molecule has 3 rings (SSSR count). The van der Waals surface area contributed by atoms with E-state index < -0.39 is 29.6 Å². The van der Waals surface area contributed by atoms with Crippen LogP contribution in [0.5, 0.6) is 0 Å². The largest absolute Gasteiger partial charge is 0.467 e. The van der Waals surface area contributed by atoms with Crippen molar-refractivity contribution in [1.82, 2.24) is 15.6 Å². The summed E-state index contributed by atoms with van der Waals surface area (Å²) in [6, 6.07) is 9.42. The van der Waals surface area contributed by atoms with Gasteiger partial charge in [-0.3, -0.25) is 9.59 Å². The molecule has 2 aromatic carbocycles. The second kappa shape index (κ2) is 10.5. The number of carbonyl (C=O) groups is 3. The third kappa shape index (κ3) is 5.69. The van der Waals surface area contributed by atoms with Crippen LogP contribution in [0.15, 0.2) is 48.7 Å². The number of aromatic amines is 1. The summed E-state index contributed by atoms with van der Waals surface area (Å²) in [6.07, 6.45) is 2.34. The van der Waals surface area contributed by atoms with Gasteiger partial charge in [-0.25, -0.2) is 13.6 Å². The van der Waals surface area contributed by atoms with E-state index in [1.54, 1.807) is 6.20 Å². The Morgan fingerprint density at radius 2 is 1.91 bits per heavy atom. The fraction of sp³-hybridized carbons (Fsp3) is 0.261. The Morgan fingerprint density at radius 1 is 1.12 bits per heavy atom. The zero-order chi connectivity index (χ0) is 23.1. The molecule has 0 saturated heterocycles. The number of hydrogen-bond acceptors (Lipinski definition) is 4. The molecule has 2 amide bonds. The number of nitrogens with one attached hydrogen (secondary N) is 3. The zero-order valence-electron chi connectivity index (χ0n) is 17.4. The Balaban J connectivity index is 1.51. The highest BCUT2D eigenvalue weighted by atomic mass is 19.1. The topological polar surface area (TPSA) is 100 Å². The van der Waals surface area contributed by atoms with Gasteiger partial charge >= 0.3 is 5.97 Å². The molecule has 7 nitrogen and oxygen atoms in total. The van der Waals surface area contributed by atoms with Crippen molar-refractivity contribution in [3.8, 4) is 0 Å². The monoisotopic (exact) mass is 443 g/mol. The average Bonchev–Trinajstić information content (AvgIpc) is 3.18. The van der Waals surface area contributed by atoms with Crippen molar-refractivity contribution in [1.29, 1.82) is 0 Å². The second-order valence-electron chi connectivity index (χ2n) is 7.19. The van der Waals surface area contributed by atoms with Crippen LogP contribution in [0, 0.1) is 11.6 Å². The molecule has 0 radical (unpaired) electrons. The van der Waals surface area contributed by atoms with Crippen molar-refractivity contribution in [2.24, 2.45) is 0 Å². The van der Waals surface area contributed by atoms with Gasteiger partial charge < -0.3 is 20.4 Å². The Labute approximate surface area is 183 Å². The predicted molar refractivity (Wildman–Crippen MR) is 114 cm³/mol. The van der Waals surface area contributed by atoms with Gasteiger partial charge in [0.05, 0.1) is 12.7 Å². The first kappa shape index (κ1) is 22.9. The standard InChI is InChI=1S/C23H23F2N3O4/c1-32-23(31)20(11-14-13-27-19-6-3-2-5-16(14)19)28-21(29)7-4-10-26-22(30)17-9-8-15(24)12-18(17)25/h2-3,5-6,8-9,12-13,20,27H,4,7,10-11H2,1H3,(H,26,30)(H,28,29). The lowest BCUT2D eigenvalue weighted by atomic mass is 10.0. The predicted octanol–water partition coefficient (Wildman–Crippen LogP) is 2.86. The van der Waals surface area contributed by atoms with Gasteiger partial charge in [-0.05, 0) is 30.2 Å². The molecule has 0 aliphatic heterocycles. The molecule has 9 heteroatoms. The molecule has 0 fully saturated rings. The number of methoxy groups -OCH3 is 1. The summed E-state index contributed by atoms with van der Waals surface area (Å²) in [5, 5.41) is 6.10. The number of aromatic nitrogens is 1. The van der Waals surface area contributed by atoms with Gasteiger partial charge in [0.15, 0.2) is 0 Å². The van der Waals surface area contributed by atoms with E-state index in [2.05, 4.69) is 15.6 Å². The maximum absolute atomic E-state index is 13.6. The summed E-state index contributed by atoms with van der Waals surface area (Å²) in [6.45, 7) is 0.106. The van der Waals surface area contributed by atoms with Crippen molar-refractivity contribution in [3.63, 3.8) is 0 Å². The quantitative estimate of drug-likeness (QED) is 0.350. The van der Waals surface area contributed by atoms with Crippen LogP contribution >= 0.6 is 0 Å². The lowest BCUT2D eigenvalue weighted by molar-refractivity contribution is -0.145. The average molecular weight is 443 g/mol. The molecule has 1 atom stereocenters. The van der Waals surface area contributed by atoms with E-state index >= 15 is 0 Å². The van der Waals surface area contributed by atoms with Crippen LogP contribution in [0.1, 0.15) is 28.8 Å². The number of hydrogen-bond donors (Lipinski definition) is 3. The SMILES string of the molecule is COC(=O)C(Cc1c[nH]c2ccccc12)NC(=O)CCCNC(=O)c1ccc(F)cc1F. The highest BCUT2D eigenvalue weighted by Gasteiger charge is 2.23. The first-order valence-corrected chi connectivity index (χ1v) is 10.0. The molecule has 0 aliphatic rings. The molecule has 3 N–H and O–H groups in total. The van der Waals surface area contributed by atoms with E-state index in [4.69, 9.17) is 4.74 Å². The van der Waals surface area contributed by atoms with Crippen molar-refractivity contribution in [2.45, 2.75) is 25.3 Å². The number of ether oxygens (including phenoxy) is 1. The van der Waals surface area contributed by atoms with Crippen molar-refractivity contribution < 1.29 is 27.9 Å². The summed E-state index contributed by atoms with van der Waals surface area (Å²) < 4.78 is 31.4. The first-order chi connectivity index (χ1) is 15.4. The molecule has 0 spiro atoms. The van der Waals surface area contributed by atoms with E-state index in [0.717, 1.165) is 28.6 Å². The number of esters is 1. The molecule has 0 saturated carbocycles. The summed E-state index contributed by atoms with van der Waals surface area (Å²) in [5.41, 5.74) is 1.51. The summed E-state index contributed by atoms with van der Waals surface area (Å²) in [4.78, 5) is 39.6. The van der Waals surface area contributed by atoms with Crippen molar-refractivity contribution in [2.75, 3.05) is 13.7 Å². The number of para-hydroxylation sites is 1. The lowest BCUT2D eigenvalue weighted by Crippen LogP contribution is -2.43. The lowest BCUT2D eigenvalue weighted by Gasteiger charge is -2.16. The van der Waals surface area contributed by atoms with E-state index in [1.807, 2.05) is 24.3 Å². The van der Waals surface area contributed by atoms with Gasteiger partial charge in [-0.15, -0.1) is 0 Å². The molecular weight excluding hydrogens is 420 g/mol. The van der Waals surface area contributed by atoms with Crippen molar-refractivity contribution in [3.05, 3.63) is 71.4 Å². The van der Waals surface area contributed by atoms with Gasteiger partial charge in [0.1, 0.15) is 17.7 Å². The van der Waals surface area contributed by atoms with Crippen LogP contribution in [-0.4, -0.2) is 42.5 Å². The maximum Gasteiger partial charge on any atom is 0.328 e. The molecule has 0 bridgehead atoms. The molecule has 3 aromatic rings. The number of benzene rings is 2. The highest BCUT2D eigenvalue weighted by molar-refractivity contribution is 5.94. The molecule has 1 heterocycles. The van der Waals surface area contributed by atoms with E-state index in [9.17, 15) is 23.2 Å². The van der Waals surface area contributed by atoms with Gasteiger partial charge in [0.25, 0.3) is 5.91 Å². The van der Waals surface area contributed by atoms with E-state index in [1.165, 1.54) is 7.11 Å². The summed E-state index contributed by atoms with van der Waals surface area (Å²) in [7, 11) is 1.25. The van der Waals surface area contributed by atoms with E-state index in [-0.39, 0.29) is 37.3 Å². The fourth-order valence-electron chi connectivity index (χ4n) is 3.34. The molecule has 1 aromatic heterocycles. The fourth-order valence-corrected chi connectivity index (χ4v) is 3.34. The minimum Gasteiger partial charge on any atom is -0.467 e. The van der Waals surface area contributed by atoms with Crippen LogP contribution in [0.25, 0.3) is 10.9 Å². The Hall–Kier alpha value is -3.75. The molecular formula is C23H23F2N3O4. The first-order valence-electron chi connectivity index (χ1n) is 10.0. The van der Waals surface area contributed by atoms with Crippen molar-refractivity contribution >= 4 is 28.7 Å². The van der Waals surface area contributed by atoms with Crippen LogP contribution in [0.4, 0.5) is 8.78 Å². The van der Waals surface area contributed by atoms with Gasteiger partial charge in [0.2, 0.25) is 5.91 Å². The second-order valence-corrected chi connectivity index (χ2v) is 7.19. The van der Waals surface area contributed by atoms with Crippen LogP contribution in [-0.2, 0) is 20.7 Å². The number of amides is 2. The van der Waals surface area contributed by atoms with E-state index in [0.29, 0.717) is 6.07 Å². The minimum atomic E-state index is -0.960. The molecule has 168 valence electrons. The highest BCUT2D eigenvalue weighted by Crippen LogP contribution is 2.19. The van der Waals surface area contributed by atoms with Gasteiger partial charge in [0, 0.05) is 42.6 Å². The normalized spacial score (nSPS) is 11.7. The summed E-state index contributed by atoms with van der Waals surface area (Å²) >= 11 is 0. The zero-order valence-corrected chi connectivity index (χ0v) is 17.4. The Morgan fingerprint density at radius 3 is 2.66 bits per heavy atom. The number of fused-ring (bicyclic) bond motifs is 1. The third-order valence-corrected chi connectivity index (χ3v) is 4.96. The number of carbonyl (C=O) groups excluding carboxylic acids is 3. The number of rotatable bonds is 9. The molecule has 0 aliphatic carbocycles. The summed E-state index contributed by atoms with van der Waals surface area (Å²) in [5.74, 6) is -3.39. The van der Waals surface area contributed by atoms with Gasteiger partial charge in [-0.1, -0.05) is 18.2 Å². The molecule has 1 unspecified atom stereocenters. The number of H-pyrrole nitrogens is 1.